The number of carbonyl (C=O) groups is 2. The second-order valence-electron chi connectivity index (χ2n) is 4.45. The Bertz CT molecular complexity index is 716. The van der Waals surface area contributed by atoms with Gasteiger partial charge < -0.3 is 34.1 Å². The Hall–Kier alpha value is -2.70. The number of anilines is 1. The third kappa shape index (κ3) is 6.66. The predicted octanol–water partition coefficient (Wildman–Crippen LogP) is -0.685. The van der Waals surface area contributed by atoms with E-state index in [1.807, 2.05) is 0 Å². The summed E-state index contributed by atoms with van der Waals surface area (Å²) in [4.78, 5) is 40.9. The van der Waals surface area contributed by atoms with Crippen LogP contribution < -0.4 is 11.4 Å². The maximum Gasteiger partial charge on any atom is 0.515 e. The van der Waals surface area contributed by atoms with Gasteiger partial charge in [-0.25, -0.2) is 23.9 Å². The number of rotatable bonds is 8. The summed E-state index contributed by atoms with van der Waals surface area (Å²) in [6.45, 7) is -0.890. The highest BCUT2D eigenvalue weighted by atomic mass is 31.2. The zero-order chi connectivity index (χ0) is 19.7. The van der Waals surface area contributed by atoms with Crippen molar-refractivity contribution >= 4 is 25.9 Å². The van der Waals surface area contributed by atoms with Crippen LogP contribution in [0.15, 0.2) is 11.1 Å². The van der Waals surface area contributed by atoms with Crippen LogP contribution in [0.25, 0.3) is 0 Å². The molecule has 0 aromatic carbocycles. The molecule has 0 unspecified atom stereocenters. The molecule has 0 aliphatic heterocycles. The minimum atomic E-state index is -4.48. The van der Waals surface area contributed by atoms with Crippen molar-refractivity contribution in [2.45, 2.75) is 12.6 Å². The number of nitrogens with zero attached hydrogens (tertiary/aromatic N) is 3. The van der Waals surface area contributed by atoms with E-state index < -0.39 is 44.7 Å². The van der Waals surface area contributed by atoms with Gasteiger partial charge in [0.2, 0.25) is 5.95 Å². The third-order valence-electron chi connectivity index (χ3n) is 2.62. The summed E-state index contributed by atoms with van der Waals surface area (Å²) in [5.74, 6) is -0.241. The molecule has 26 heavy (non-hydrogen) atoms. The SMILES string of the molecule is COC(=O)OP(=O)(CO[C@H](CO)Cn1cnc(N)nc1=O)OC(=O)OC. The van der Waals surface area contributed by atoms with E-state index in [2.05, 4.69) is 28.5 Å². The molecule has 0 saturated carbocycles. The monoisotopic (exact) mass is 396 g/mol. The van der Waals surface area contributed by atoms with Crippen LogP contribution in [0.4, 0.5) is 15.5 Å². The fraction of sp³-hybridized carbons (Fsp3) is 0.545. The van der Waals surface area contributed by atoms with E-state index >= 15 is 0 Å². The molecule has 1 heterocycles. The van der Waals surface area contributed by atoms with Crippen LogP contribution in [0.2, 0.25) is 0 Å². The first-order chi connectivity index (χ1) is 12.2. The summed E-state index contributed by atoms with van der Waals surface area (Å²) in [5.41, 5.74) is 4.49. The van der Waals surface area contributed by atoms with Gasteiger partial charge >= 0.3 is 25.6 Å². The Morgan fingerprint density at radius 3 is 2.35 bits per heavy atom. The van der Waals surface area contributed by atoms with Crippen molar-refractivity contribution in [2.24, 2.45) is 0 Å². The van der Waals surface area contributed by atoms with Crippen molar-refractivity contribution in [3.8, 4) is 0 Å². The van der Waals surface area contributed by atoms with Crippen LogP contribution in [-0.2, 0) is 34.4 Å². The van der Waals surface area contributed by atoms with E-state index in [4.69, 9.17) is 10.5 Å². The quantitative estimate of drug-likeness (QED) is 0.415. The van der Waals surface area contributed by atoms with Crippen molar-refractivity contribution in [3.05, 3.63) is 16.8 Å². The topological polar surface area (TPSA) is 191 Å². The summed E-state index contributed by atoms with van der Waals surface area (Å²) < 4.78 is 35.6. The highest BCUT2D eigenvalue weighted by molar-refractivity contribution is 7.54. The van der Waals surface area contributed by atoms with E-state index in [9.17, 15) is 24.1 Å². The molecule has 0 saturated heterocycles. The highest BCUT2D eigenvalue weighted by Crippen LogP contribution is 2.49. The van der Waals surface area contributed by atoms with Crippen LogP contribution in [0.3, 0.4) is 0 Å². The maximum atomic E-state index is 12.4. The number of ether oxygens (including phenoxy) is 3. The lowest BCUT2D eigenvalue weighted by atomic mass is 10.4. The van der Waals surface area contributed by atoms with Crippen molar-refractivity contribution in [3.63, 3.8) is 0 Å². The molecule has 0 fully saturated rings. The highest BCUT2D eigenvalue weighted by Gasteiger charge is 2.36. The zero-order valence-corrected chi connectivity index (χ0v) is 14.7. The van der Waals surface area contributed by atoms with Crippen molar-refractivity contribution in [2.75, 3.05) is 32.9 Å². The van der Waals surface area contributed by atoms with E-state index in [0.29, 0.717) is 0 Å². The van der Waals surface area contributed by atoms with E-state index in [1.165, 1.54) is 0 Å². The van der Waals surface area contributed by atoms with E-state index in [0.717, 1.165) is 25.1 Å². The lowest BCUT2D eigenvalue weighted by Gasteiger charge is -2.20. The first kappa shape index (κ1) is 21.3. The number of nitrogen functional groups attached to an aromatic ring is 1. The molecule has 0 aliphatic carbocycles. The van der Waals surface area contributed by atoms with E-state index in [1.54, 1.807) is 0 Å². The van der Waals surface area contributed by atoms with Crippen LogP contribution >= 0.6 is 7.60 Å². The Balaban J connectivity index is 2.82. The Morgan fingerprint density at radius 1 is 1.31 bits per heavy atom. The van der Waals surface area contributed by atoms with Gasteiger partial charge in [-0.05, 0) is 0 Å². The van der Waals surface area contributed by atoms with E-state index in [-0.39, 0.29) is 12.5 Å². The largest absolute Gasteiger partial charge is 0.515 e. The Labute approximate surface area is 146 Å². The fourth-order valence-corrected chi connectivity index (χ4v) is 2.59. The molecular weight excluding hydrogens is 379 g/mol. The molecule has 14 nitrogen and oxygen atoms in total. The summed E-state index contributed by atoms with van der Waals surface area (Å²) in [7, 11) is -2.60. The molecule has 0 aliphatic rings. The molecule has 0 spiro atoms. The van der Waals surface area contributed by atoms with Gasteiger partial charge in [-0.15, -0.1) is 0 Å². The van der Waals surface area contributed by atoms with Crippen LogP contribution in [0, 0.1) is 0 Å². The number of hydrogen-bond donors (Lipinski definition) is 2. The number of aromatic nitrogens is 3. The molecule has 0 amide bonds. The molecular formula is C11H17N4O10P. The number of aliphatic hydroxyl groups excluding tert-OH is 1. The van der Waals surface area contributed by atoms with Gasteiger partial charge in [0.15, 0.2) is 6.35 Å². The Morgan fingerprint density at radius 2 is 1.88 bits per heavy atom. The molecule has 1 atom stereocenters. The molecule has 1 rings (SSSR count). The van der Waals surface area contributed by atoms with Crippen molar-refractivity contribution in [1.29, 1.82) is 0 Å². The van der Waals surface area contributed by atoms with Crippen LogP contribution in [0.1, 0.15) is 0 Å². The Kier molecular flexibility index (Phi) is 7.96. The second kappa shape index (κ2) is 9.70. The third-order valence-corrected chi connectivity index (χ3v) is 3.94. The number of methoxy groups -OCH3 is 2. The number of aliphatic hydroxyl groups is 1. The number of carbonyl (C=O) groups excluding carboxylic acids is 2. The minimum Gasteiger partial charge on any atom is -0.437 e. The molecule has 0 radical (unpaired) electrons. The minimum absolute atomic E-state index is 0.241. The van der Waals surface area contributed by atoms with Gasteiger partial charge in [-0.2, -0.15) is 4.98 Å². The van der Waals surface area contributed by atoms with Crippen LogP contribution in [-0.4, -0.2) is 65.2 Å². The molecule has 1 aromatic rings. The normalized spacial score (nSPS) is 12.1. The van der Waals surface area contributed by atoms with Gasteiger partial charge in [0, 0.05) is 0 Å². The summed E-state index contributed by atoms with van der Waals surface area (Å²) in [6, 6.07) is 0. The van der Waals surface area contributed by atoms with Gasteiger partial charge in [0.1, 0.15) is 6.33 Å². The predicted molar refractivity (Wildman–Crippen MR) is 82.1 cm³/mol. The zero-order valence-electron chi connectivity index (χ0n) is 13.8. The fourth-order valence-electron chi connectivity index (χ4n) is 1.45. The molecule has 15 heteroatoms. The van der Waals surface area contributed by atoms with Crippen molar-refractivity contribution < 1.29 is 42.5 Å². The first-order valence-corrected chi connectivity index (χ1v) is 8.51. The van der Waals surface area contributed by atoms with Gasteiger partial charge in [0.05, 0.1) is 33.5 Å². The summed E-state index contributed by atoms with van der Waals surface area (Å²) in [5, 5.41) is 9.33. The summed E-state index contributed by atoms with van der Waals surface area (Å²) in [6.07, 6.45) is -3.79. The molecule has 1 aromatic heterocycles. The maximum absolute atomic E-state index is 12.4. The second-order valence-corrected chi connectivity index (χ2v) is 6.30. The standard InChI is InChI=1S/C11H17N4O10P/c1-21-10(18)24-26(20,25-11(19)22-2)6-23-7(4-16)3-15-5-13-8(12)14-9(15)17/h5,7,16H,3-4,6H2,1-2H3,(H2,12,14,17)/t7-/m0/s1. The van der Waals surface area contributed by atoms with Crippen LogP contribution in [0.5, 0.6) is 0 Å². The number of nitrogens with two attached hydrogens (primary N) is 1. The van der Waals surface area contributed by atoms with Gasteiger partial charge in [-0.1, -0.05) is 0 Å². The van der Waals surface area contributed by atoms with Gasteiger partial charge in [0.25, 0.3) is 0 Å². The lowest BCUT2D eigenvalue weighted by molar-refractivity contribution is 0.0141. The smallest absolute Gasteiger partial charge is 0.437 e. The average molecular weight is 396 g/mol. The number of hydrogen-bond acceptors (Lipinski definition) is 13. The lowest BCUT2D eigenvalue weighted by Crippen LogP contribution is -2.33. The molecule has 146 valence electrons. The van der Waals surface area contributed by atoms with Gasteiger partial charge in [-0.3, -0.25) is 4.57 Å². The van der Waals surface area contributed by atoms with Crippen molar-refractivity contribution in [1.82, 2.24) is 14.5 Å². The average Bonchev–Trinajstić information content (AvgIpc) is 2.59. The summed E-state index contributed by atoms with van der Waals surface area (Å²) >= 11 is 0. The molecule has 3 N–H and O–H groups in total. The molecule has 0 bridgehead atoms. The first-order valence-electron chi connectivity index (χ1n) is 6.78.